The molecule has 16 nitrogen and oxygen atoms in total. The van der Waals surface area contributed by atoms with Gasteiger partial charge in [0.15, 0.2) is 6.29 Å². The number of rotatable bonds is 18. The predicted octanol–water partition coefficient (Wildman–Crippen LogP) is -0.335. The van der Waals surface area contributed by atoms with Gasteiger partial charge in [0.25, 0.3) is 0 Å². The third kappa shape index (κ3) is 8.83. The van der Waals surface area contributed by atoms with Gasteiger partial charge in [0.1, 0.15) is 48.8 Å². The Hall–Kier alpha value is -0.640. The molecule has 0 aromatic carbocycles. The number of ether oxygens (including phenoxy) is 13. The van der Waals surface area contributed by atoms with E-state index in [1.54, 1.807) is 28.4 Å². The summed E-state index contributed by atoms with van der Waals surface area (Å²) in [7, 11) is 13.9. The summed E-state index contributed by atoms with van der Waals surface area (Å²) in [4.78, 5) is 11.6. The van der Waals surface area contributed by atoms with E-state index in [0.717, 1.165) is 0 Å². The first-order valence-electron chi connectivity index (χ1n) is 14.6. The van der Waals surface area contributed by atoms with Gasteiger partial charge >= 0.3 is 0 Å². The lowest BCUT2D eigenvalue weighted by Gasteiger charge is -2.48. The SMILES string of the molecule is COCC1C[C@@H](OC)C(OC)[C@H](O[C@@H]2C(COC)O[C@@H](OO[C@@H]3OC(CCO)[C@@H](OC)[C@@H](OC)C3OC)C(OC)[C@@H]2OC)O1. The molecular formula is C28H52O16. The molecule has 3 saturated heterocycles. The van der Waals surface area contributed by atoms with Gasteiger partial charge in [-0.2, -0.15) is 9.78 Å². The quantitative estimate of drug-likeness (QED) is 0.152. The van der Waals surface area contributed by atoms with E-state index < -0.39 is 73.8 Å². The molecule has 3 fully saturated rings. The van der Waals surface area contributed by atoms with Gasteiger partial charge in [0, 0.05) is 77.0 Å². The molecule has 3 aliphatic rings. The molecule has 3 aliphatic heterocycles. The van der Waals surface area contributed by atoms with Crippen LogP contribution in [0.1, 0.15) is 12.8 Å². The lowest BCUT2D eigenvalue weighted by Crippen LogP contribution is -2.64. The number of aliphatic hydroxyl groups excluding tert-OH is 1. The Morgan fingerprint density at radius 3 is 1.52 bits per heavy atom. The second kappa shape index (κ2) is 19.2. The Balaban J connectivity index is 1.80. The Bertz CT molecular complexity index is 780. The summed E-state index contributed by atoms with van der Waals surface area (Å²) >= 11 is 0. The molecule has 0 aromatic rings. The Labute approximate surface area is 259 Å². The summed E-state index contributed by atoms with van der Waals surface area (Å²) in [5, 5.41) is 9.60. The van der Waals surface area contributed by atoms with E-state index in [1.165, 1.54) is 35.5 Å². The van der Waals surface area contributed by atoms with Crippen molar-refractivity contribution >= 4 is 0 Å². The molecule has 3 heterocycles. The van der Waals surface area contributed by atoms with Crippen molar-refractivity contribution in [3.05, 3.63) is 0 Å². The summed E-state index contributed by atoms with van der Waals surface area (Å²) < 4.78 is 76.0. The molecule has 6 unspecified atom stereocenters. The van der Waals surface area contributed by atoms with E-state index in [4.69, 9.17) is 71.4 Å². The standard InChI is InChI=1S/C28H52O16/c1-30-13-15-12-17(32-3)21(34-5)26(39-15)42-20-18(14-31-2)41-28(25(38-9)23(20)36-7)44-43-27-24(37-8)22(35-6)19(33-4)16(40-27)10-11-29/h15-29H,10-14H2,1-9H3/t15?,16?,17-,18?,19-,20-,21?,22-,23-,24?,25?,26+,27+,28+/m1/s1. The van der Waals surface area contributed by atoms with Crippen LogP contribution in [0, 0.1) is 0 Å². The molecule has 3 rings (SSSR count). The first kappa shape index (κ1) is 37.8. The van der Waals surface area contributed by atoms with Crippen LogP contribution in [0.4, 0.5) is 0 Å². The van der Waals surface area contributed by atoms with Crippen LogP contribution in [0.3, 0.4) is 0 Å². The first-order chi connectivity index (χ1) is 21.4. The van der Waals surface area contributed by atoms with Crippen LogP contribution < -0.4 is 0 Å². The van der Waals surface area contributed by atoms with Crippen molar-refractivity contribution in [1.29, 1.82) is 0 Å². The molecular weight excluding hydrogens is 592 g/mol. The Morgan fingerprint density at radius 2 is 1.05 bits per heavy atom. The minimum atomic E-state index is -1.11. The highest BCUT2D eigenvalue weighted by Crippen LogP contribution is 2.35. The van der Waals surface area contributed by atoms with E-state index >= 15 is 0 Å². The third-order valence-corrected chi connectivity index (χ3v) is 8.21. The molecule has 16 heteroatoms. The van der Waals surface area contributed by atoms with Crippen LogP contribution in [0.5, 0.6) is 0 Å². The minimum absolute atomic E-state index is 0.112. The fraction of sp³-hybridized carbons (Fsp3) is 1.00. The highest BCUT2D eigenvalue weighted by molar-refractivity contribution is 4.95. The van der Waals surface area contributed by atoms with Crippen LogP contribution in [-0.4, -0.2) is 175 Å². The molecule has 14 atom stereocenters. The average Bonchev–Trinajstić information content (AvgIpc) is 3.03. The van der Waals surface area contributed by atoms with Gasteiger partial charge in [-0.3, -0.25) is 0 Å². The molecule has 0 aromatic heterocycles. The van der Waals surface area contributed by atoms with Crippen molar-refractivity contribution in [2.75, 3.05) is 83.8 Å². The topological polar surface area (TPSA) is 159 Å². The van der Waals surface area contributed by atoms with Crippen molar-refractivity contribution in [2.45, 2.75) is 98.9 Å². The summed E-state index contributed by atoms with van der Waals surface area (Å²) in [5.41, 5.74) is 0. The van der Waals surface area contributed by atoms with E-state index in [2.05, 4.69) is 0 Å². The van der Waals surface area contributed by atoms with E-state index in [0.29, 0.717) is 13.0 Å². The van der Waals surface area contributed by atoms with Gasteiger partial charge < -0.3 is 66.7 Å². The molecule has 0 spiro atoms. The fourth-order valence-electron chi connectivity index (χ4n) is 6.10. The summed E-state index contributed by atoms with van der Waals surface area (Å²) in [6.07, 6.45) is -8.76. The van der Waals surface area contributed by atoms with Gasteiger partial charge in [0.05, 0.1) is 31.5 Å². The second-order valence-corrected chi connectivity index (χ2v) is 10.6. The molecule has 0 aliphatic carbocycles. The van der Waals surface area contributed by atoms with Crippen molar-refractivity contribution in [1.82, 2.24) is 0 Å². The number of hydrogen-bond donors (Lipinski definition) is 1. The van der Waals surface area contributed by atoms with Crippen LogP contribution in [-0.2, 0) is 71.4 Å². The summed E-state index contributed by atoms with van der Waals surface area (Å²) in [5.74, 6) is 0. The van der Waals surface area contributed by atoms with Crippen molar-refractivity contribution in [3.8, 4) is 0 Å². The van der Waals surface area contributed by atoms with E-state index in [-0.39, 0.29) is 31.8 Å². The zero-order valence-electron chi connectivity index (χ0n) is 27.2. The highest BCUT2D eigenvalue weighted by atomic mass is 17.3. The molecule has 0 amide bonds. The van der Waals surface area contributed by atoms with Gasteiger partial charge in [-0.15, -0.1) is 0 Å². The Kier molecular flexibility index (Phi) is 16.5. The van der Waals surface area contributed by atoms with Crippen LogP contribution in [0.15, 0.2) is 0 Å². The van der Waals surface area contributed by atoms with E-state index in [9.17, 15) is 5.11 Å². The molecule has 1 N–H and O–H groups in total. The lowest BCUT2D eigenvalue weighted by atomic mass is 9.96. The van der Waals surface area contributed by atoms with Crippen molar-refractivity contribution < 1.29 is 76.5 Å². The maximum absolute atomic E-state index is 9.60. The molecule has 0 radical (unpaired) electrons. The van der Waals surface area contributed by atoms with Crippen LogP contribution in [0.2, 0.25) is 0 Å². The first-order valence-corrected chi connectivity index (χ1v) is 14.6. The van der Waals surface area contributed by atoms with Crippen molar-refractivity contribution in [2.24, 2.45) is 0 Å². The second-order valence-electron chi connectivity index (χ2n) is 10.6. The van der Waals surface area contributed by atoms with Crippen molar-refractivity contribution in [3.63, 3.8) is 0 Å². The monoisotopic (exact) mass is 644 g/mol. The summed E-state index contributed by atoms with van der Waals surface area (Å²) in [6.45, 7) is 0.326. The average molecular weight is 645 g/mol. The summed E-state index contributed by atoms with van der Waals surface area (Å²) in [6, 6.07) is 0. The maximum Gasteiger partial charge on any atom is 0.220 e. The van der Waals surface area contributed by atoms with Crippen LogP contribution >= 0.6 is 0 Å². The normalized spacial score (nSPS) is 41.6. The zero-order valence-corrected chi connectivity index (χ0v) is 27.2. The number of hydrogen-bond acceptors (Lipinski definition) is 16. The van der Waals surface area contributed by atoms with Gasteiger partial charge in [-0.1, -0.05) is 0 Å². The van der Waals surface area contributed by atoms with Gasteiger partial charge in [-0.25, -0.2) is 0 Å². The largest absolute Gasteiger partial charge is 0.396 e. The minimum Gasteiger partial charge on any atom is -0.396 e. The molecule has 44 heavy (non-hydrogen) atoms. The maximum atomic E-state index is 9.60. The lowest BCUT2D eigenvalue weighted by molar-refractivity contribution is -0.490. The Morgan fingerprint density at radius 1 is 0.523 bits per heavy atom. The smallest absolute Gasteiger partial charge is 0.220 e. The van der Waals surface area contributed by atoms with Gasteiger partial charge in [0.2, 0.25) is 12.6 Å². The van der Waals surface area contributed by atoms with Gasteiger partial charge in [-0.05, 0) is 6.42 Å². The molecule has 260 valence electrons. The predicted molar refractivity (Wildman–Crippen MR) is 149 cm³/mol. The number of methoxy groups -OCH3 is 9. The fourth-order valence-corrected chi connectivity index (χ4v) is 6.10. The zero-order chi connectivity index (χ0) is 32.2. The highest BCUT2D eigenvalue weighted by Gasteiger charge is 2.53. The van der Waals surface area contributed by atoms with Crippen LogP contribution in [0.25, 0.3) is 0 Å². The van der Waals surface area contributed by atoms with E-state index in [1.807, 2.05) is 0 Å². The molecule has 0 bridgehead atoms. The molecule has 0 saturated carbocycles. The number of aliphatic hydroxyl groups is 1. The third-order valence-electron chi connectivity index (χ3n) is 8.21.